The maximum Gasteiger partial charge on any atom is 0.338 e. The molecule has 82 valence electrons. The van der Waals surface area contributed by atoms with Crippen LogP contribution in [0, 0.1) is 0 Å². The molecule has 0 saturated carbocycles. The van der Waals surface area contributed by atoms with Crippen molar-refractivity contribution in [2.75, 3.05) is 6.61 Å². The number of fused-ring (bicyclic) bond motifs is 1. The maximum absolute atomic E-state index is 11.5. The number of rotatable bonds is 2. The second-order valence-corrected chi connectivity index (χ2v) is 3.35. The Hall–Kier alpha value is -2.10. The van der Waals surface area contributed by atoms with Gasteiger partial charge in [0.15, 0.2) is 0 Å². The van der Waals surface area contributed by atoms with E-state index in [1.807, 2.05) is 0 Å². The van der Waals surface area contributed by atoms with E-state index in [2.05, 4.69) is 4.98 Å². The van der Waals surface area contributed by atoms with Crippen LogP contribution in [0.4, 0.5) is 0 Å². The van der Waals surface area contributed by atoms with Crippen molar-refractivity contribution in [1.82, 2.24) is 4.98 Å². The molecule has 1 heterocycles. The molecular weight excluding hydrogens is 206 g/mol. The Morgan fingerprint density at radius 3 is 2.88 bits per heavy atom. The lowest BCUT2D eigenvalue weighted by atomic mass is 10.1. The fourth-order valence-corrected chi connectivity index (χ4v) is 1.50. The van der Waals surface area contributed by atoms with E-state index >= 15 is 0 Å². The zero-order chi connectivity index (χ0) is 11.5. The molecule has 0 saturated heterocycles. The molecule has 0 atom stereocenters. The molecule has 0 aliphatic heterocycles. The Balaban J connectivity index is 2.48. The summed E-state index contributed by atoms with van der Waals surface area (Å²) in [5.41, 5.74) is 1.04. The fraction of sp³-hybridized carbons (Fsp3) is 0.167. The minimum absolute atomic E-state index is 0.156. The number of carbonyl (C=O) groups excluding carboxylic acids is 1. The number of carbonyl (C=O) groups is 1. The quantitative estimate of drug-likeness (QED) is 0.779. The van der Waals surface area contributed by atoms with Crippen molar-refractivity contribution < 1.29 is 9.53 Å². The van der Waals surface area contributed by atoms with Crippen molar-refractivity contribution >= 4 is 16.9 Å². The van der Waals surface area contributed by atoms with E-state index in [0.717, 1.165) is 5.39 Å². The van der Waals surface area contributed by atoms with Crippen molar-refractivity contribution in [3.8, 4) is 0 Å². The zero-order valence-corrected chi connectivity index (χ0v) is 8.82. The number of hydrogen-bond acceptors (Lipinski definition) is 3. The molecule has 0 unspecified atom stereocenters. The summed E-state index contributed by atoms with van der Waals surface area (Å²) in [7, 11) is 0. The van der Waals surface area contributed by atoms with Crippen LogP contribution < -0.4 is 5.56 Å². The summed E-state index contributed by atoms with van der Waals surface area (Å²) >= 11 is 0. The van der Waals surface area contributed by atoms with E-state index < -0.39 is 0 Å². The van der Waals surface area contributed by atoms with Gasteiger partial charge in [0.25, 0.3) is 0 Å². The first kappa shape index (κ1) is 10.4. The third kappa shape index (κ3) is 1.95. The van der Waals surface area contributed by atoms with Crippen molar-refractivity contribution in [2.24, 2.45) is 0 Å². The van der Waals surface area contributed by atoms with Crippen LogP contribution in [0.5, 0.6) is 0 Å². The Morgan fingerprint density at radius 2 is 2.12 bits per heavy atom. The number of pyridine rings is 1. The predicted molar refractivity (Wildman–Crippen MR) is 60.5 cm³/mol. The van der Waals surface area contributed by atoms with Gasteiger partial charge < -0.3 is 9.72 Å². The lowest BCUT2D eigenvalue weighted by molar-refractivity contribution is 0.0526. The smallest absolute Gasteiger partial charge is 0.338 e. The topological polar surface area (TPSA) is 59.2 Å². The van der Waals surface area contributed by atoms with Crippen molar-refractivity contribution in [1.29, 1.82) is 0 Å². The number of benzene rings is 1. The molecule has 16 heavy (non-hydrogen) atoms. The largest absolute Gasteiger partial charge is 0.462 e. The summed E-state index contributed by atoms with van der Waals surface area (Å²) in [6.07, 6.45) is 0. The van der Waals surface area contributed by atoms with E-state index in [1.165, 1.54) is 6.07 Å². The minimum atomic E-state index is -0.351. The first-order valence-electron chi connectivity index (χ1n) is 5.01. The second kappa shape index (κ2) is 4.18. The Morgan fingerprint density at radius 1 is 1.31 bits per heavy atom. The van der Waals surface area contributed by atoms with Gasteiger partial charge >= 0.3 is 5.97 Å². The number of esters is 1. The third-order valence-corrected chi connectivity index (χ3v) is 2.23. The molecule has 0 radical (unpaired) electrons. The van der Waals surface area contributed by atoms with Gasteiger partial charge in [-0.1, -0.05) is 0 Å². The molecule has 0 amide bonds. The highest BCUT2D eigenvalue weighted by Gasteiger charge is 2.06. The molecule has 1 aromatic heterocycles. The fourth-order valence-electron chi connectivity index (χ4n) is 1.50. The lowest BCUT2D eigenvalue weighted by Crippen LogP contribution is -2.06. The van der Waals surface area contributed by atoms with Crippen LogP contribution in [-0.2, 0) is 4.74 Å². The predicted octanol–water partition coefficient (Wildman–Crippen LogP) is 1.70. The molecule has 0 aliphatic rings. The molecule has 2 rings (SSSR count). The monoisotopic (exact) mass is 217 g/mol. The number of ether oxygens (including phenoxy) is 1. The van der Waals surface area contributed by atoms with Gasteiger partial charge in [-0.05, 0) is 36.6 Å². The van der Waals surface area contributed by atoms with Crippen LogP contribution in [0.1, 0.15) is 17.3 Å². The molecule has 0 spiro atoms. The van der Waals surface area contributed by atoms with E-state index in [9.17, 15) is 9.59 Å². The van der Waals surface area contributed by atoms with Crippen LogP contribution >= 0.6 is 0 Å². The van der Waals surface area contributed by atoms with Gasteiger partial charge in [0.2, 0.25) is 5.56 Å². The van der Waals surface area contributed by atoms with Gasteiger partial charge in [0.1, 0.15) is 0 Å². The van der Waals surface area contributed by atoms with Crippen LogP contribution in [0.15, 0.2) is 35.1 Å². The van der Waals surface area contributed by atoms with E-state index in [1.54, 1.807) is 31.2 Å². The SMILES string of the molecule is CCOC(=O)c1ccc2[nH]c(=O)ccc2c1. The summed E-state index contributed by atoms with van der Waals surface area (Å²) in [4.78, 5) is 25.2. The number of nitrogens with one attached hydrogen (secondary N) is 1. The molecule has 0 fully saturated rings. The number of hydrogen-bond donors (Lipinski definition) is 1. The van der Waals surface area contributed by atoms with Gasteiger partial charge in [-0.15, -0.1) is 0 Å². The highest BCUT2D eigenvalue weighted by Crippen LogP contribution is 2.12. The van der Waals surface area contributed by atoms with Crippen molar-refractivity contribution in [3.05, 3.63) is 46.2 Å². The molecular formula is C12H11NO3. The Bertz CT molecular complexity index is 586. The highest BCUT2D eigenvalue weighted by atomic mass is 16.5. The van der Waals surface area contributed by atoms with Crippen molar-refractivity contribution in [2.45, 2.75) is 6.92 Å². The molecule has 4 heteroatoms. The summed E-state index contributed by atoms with van der Waals surface area (Å²) in [5, 5.41) is 0.810. The van der Waals surface area contributed by atoms with E-state index in [4.69, 9.17) is 4.74 Å². The molecule has 1 N–H and O–H groups in total. The molecule has 0 bridgehead atoms. The summed E-state index contributed by atoms with van der Waals surface area (Å²) < 4.78 is 4.89. The molecule has 4 nitrogen and oxygen atoms in total. The number of H-pyrrole nitrogens is 1. The van der Waals surface area contributed by atoms with Crippen LogP contribution in [0.25, 0.3) is 10.9 Å². The van der Waals surface area contributed by atoms with Gasteiger partial charge in [0.05, 0.1) is 12.2 Å². The first-order valence-corrected chi connectivity index (χ1v) is 5.01. The average Bonchev–Trinajstić information content (AvgIpc) is 2.28. The van der Waals surface area contributed by atoms with E-state index in [-0.39, 0.29) is 11.5 Å². The summed E-state index contributed by atoms with van der Waals surface area (Å²) in [6, 6.07) is 8.14. The molecule has 1 aromatic carbocycles. The lowest BCUT2D eigenvalue weighted by Gasteiger charge is -2.03. The van der Waals surface area contributed by atoms with Crippen LogP contribution in [0.2, 0.25) is 0 Å². The van der Waals surface area contributed by atoms with Crippen LogP contribution in [0.3, 0.4) is 0 Å². The minimum Gasteiger partial charge on any atom is -0.462 e. The summed E-state index contributed by atoms with van der Waals surface area (Å²) in [6.45, 7) is 2.11. The van der Waals surface area contributed by atoms with Gasteiger partial charge in [-0.2, -0.15) is 0 Å². The Labute approximate surface area is 91.9 Å². The highest BCUT2D eigenvalue weighted by molar-refractivity contribution is 5.94. The maximum atomic E-state index is 11.5. The number of aromatic amines is 1. The number of aromatic nitrogens is 1. The first-order chi connectivity index (χ1) is 7.70. The van der Waals surface area contributed by atoms with Gasteiger partial charge in [0, 0.05) is 11.6 Å². The molecule has 0 aliphatic carbocycles. The summed E-state index contributed by atoms with van der Waals surface area (Å²) in [5.74, 6) is -0.351. The van der Waals surface area contributed by atoms with Gasteiger partial charge in [-0.3, -0.25) is 4.79 Å². The average molecular weight is 217 g/mol. The van der Waals surface area contributed by atoms with E-state index in [0.29, 0.717) is 17.7 Å². The van der Waals surface area contributed by atoms with Gasteiger partial charge in [-0.25, -0.2) is 4.79 Å². The van der Waals surface area contributed by atoms with Crippen LogP contribution in [-0.4, -0.2) is 17.6 Å². The standard InChI is InChI=1S/C12H11NO3/c1-2-16-12(15)9-3-5-10-8(7-9)4-6-11(14)13-10/h3-7H,2H2,1H3,(H,13,14). The zero-order valence-electron chi connectivity index (χ0n) is 8.82. The van der Waals surface area contributed by atoms with Crippen molar-refractivity contribution in [3.63, 3.8) is 0 Å². The third-order valence-electron chi connectivity index (χ3n) is 2.23. The Kier molecular flexibility index (Phi) is 2.72. The normalized spacial score (nSPS) is 10.3. The second-order valence-electron chi connectivity index (χ2n) is 3.35. The molecule has 2 aromatic rings.